The van der Waals surface area contributed by atoms with Gasteiger partial charge in [-0.1, -0.05) is 28.7 Å². The van der Waals surface area contributed by atoms with Crippen LogP contribution >= 0.6 is 22.6 Å². The number of aromatic nitrogens is 3. The van der Waals surface area contributed by atoms with Crippen LogP contribution in [0.1, 0.15) is 42.7 Å². The molecular weight excluding hydrogens is 615 g/mol. The number of anilines is 2. The van der Waals surface area contributed by atoms with E-state index in [1.807, 2.05) is 19.9 Å². The first-order valence-corrected chi connectivity index (χ1v) is 14.4. The molecule has 1 aromatic carbocycles. The van der Waals surface area contributed by atoms with Crippen molar-refractivity contribution in [2.45, 2.75) is 39.7 Å². The number of urea groups is 1. The fraction of sp³-hybridized carbons (Fsp3) is 0.444. The zero-order valence-corrected chi connectivity index (χ0v) is 24.6. The highest BCUT2D eigenvalue weighted by Crippen LogP contribution is 2.35. The molecule has 4 rings (SSSR count). The molecular formula is C27H33IN6O5. The Morgan fingerprint density at radius 1 is 1.23 bits per heavy atom. The first kappa shape index (κ1) is 28.6. The number of aryl methyl sites for hydroxylation is 2. The molecule has 0 bridgehead atoms. The number of halogens is 1. The summed E-state index contributed by atoms with van der Waals surface area (Å²) in [7, 11) is 1.80. The second kappa shape index (κ2) is 12.6. The van der Waals surface area contributed by atoms with Crippen LogP contribution in [0.5, 0.6) is 5.75 Å². The predicted molar refractivity (Wildman–Crippen MR) is 157 cm³/mol. The Kier molecular flexibility index (Phi) is 9.25. The maximum Gasteiger partial charge on any atom is 0.326 e. The smallest absolute Gasteiger partial charge is 0.326 e. The molecule has 12 heteroatoms. The number of ether oxygens (including phenoxy) is 2. The summed E-state index contributed by atoms with van der Waals surface area (Å²) in [5.74, 6) is -0.337. The number of fused-ring (bicyclic) bond motifs is 1. The minimum atomic E-state index is -0.672. The van der Waals surface area contributed by atoms with Gasteiger partial charge in [0.2, 0.25) is 0 Å². The average molecular weight is 649 g/mol. The highest BCUT2D eigenvalue weighted by Gasteiger charge is 2.31. The Hall–Kier alpha value is -3.42. The number of pyridine rings is 1. The van der Waals surface area contributed by atoms with Crippen molar-refractivity contribution in [1.82, 2.24) is 20.1 Å². The van der Waals surface area contributed by atoms with Gasteiger partial charge in [0.1, 0.15) is 11.9 Å². The molecule has 11 nitrogen and oxygen atoms in total. The van der Waals surface area contributed by atoms with Crippen LogP contribution in [-0.4, -0.2) is 62.9 Å². The third-order valence-corrected chi connectivity index (χ3v) is 7.79. The Morgan fingerprint density at radius 2 is 1.97 bits per heavy atom. The maximum absolute atomic E-state index is 13.4. The highest BCUT2D eigenvalue weighted by atomic mass is 127. The normalized spacial score (nSPS) is 14.6. The first-order valence-electron chi connectivity index (χ1n) is 12.9. The third-order valence-electron chi connectivity index (χ3n) is 6.55. The quantitative estimate of drug-likeness (QED) is 0.211. The lowest BCUT2D eigenvalue weighted by molar-refractivity contribution is -0.148. The molecule has 1 fully saturated rings. The molecule has 0 saturated carbocycles. The molecule has 3 aromatic rings. The Bertz CT molecular complexity index is 1370. The van der Waals surface area contributed by atoms with Gasteiger partial charge in [-0.3, -0.25) is 19.6 Å². The average Bonchev–Trinajstić information content (AvgIpc) is 3.21. The minimum Gasteiger partial charge on any atom is -0.490 e. The number of alkyl halides is 1. The van der Waals surface area contributed by atoms with Gasteiger partial charge >= 0.3 is 12.0 Å². The van der Waals surface area contributed by atoms with E-state index in [4.69, 9.17) is 9.47 Å². The van der Waals surface area contributed by atoms with E-state index in [2.05, 4.69) is 48.2 Å². The summed E-state index contributed by atoms with van der Waals surface area (Å²) < 4.78 is 13.5. The van der Waals surface area contributed by atoms with Crippen LogP contribution in [0.4, 0.5) is 16.2 Å². The van der Waals surface area contributed by atoms with Crippen molar-refractivity contribution < 1.29 is 23.9 Å². The number of rotatable bonds is 8. The summed E-state index contributed by atoms with van der Waals surface area (Å²) in [6, 6.07) is 6.34. The van der Waals surface area contributed by atoms with Crippen LogP contribution in [0.25, 0.3) is 11.0 Å². The van der Waals surface area contributed by atoms with Crippen molar-refractivity contribution >= 4 is 62.9 Å². The second-order valence-electron chi connectivity index (χ2n) is 9.46. The molecule has 0 aliphatic carbocycles. The minimum absolute atomic E-state index is 0.0235. The Morgan fingerprint density at radius 3 is 2.67 bits per heavy atom. The van der Waals surface area contributed by atoms with E-state index in [1.165, 1.54) is 6.20 Å². The van der Waals surface area contributed by atoms with Gasteiger partial charge in [-0.25, -0.2) is 9.78 Å². The maximum atomic E-state index is 13.4. The molecule has 1 unspecified atom stereocenters. The topological polar surface area (TPSA) is 128 Å². The Labute approximate surface area is 240 Å². The number of nitrogens with one attached hydrogen (secondary N) is 2. The summed E-state index contributed by atoms with van der Waals surface area (Å²) in [5, 5.41) is 10.4. The molecule has 3 amide bonds. The Balaban J connectivity index is 1.55. The number of carbonyl (C=O) groups is 3. The summed E-state index contributed by atoms with van der Waals surface area (Å²) in [4.78, 5) is 45.0. The second-order valence-corrected chi connectivity index (χ2v) is 10.3. The predicted octanol–water partition coefficient (Wildman–Crippen LogP) is 4.22. The molecule has 3 heterocycles. The van der Waals surface area contributed by atoms with Crippen LogP contribution in [0.3, 0.4) is 0 Å². The van der Waals surface area contributed by atoms with Crippen LogP contribution in [0.15, 0.2) is 30.5 Å². The van der Waals surface area contributed by atoms with Gasteiger partial charge in [-0.05, 0) is 45.7 Å². The monoisotopic (exact) mass is 648 g/mol. The molecule has 39 heavy (non-hydrogen) atoms. The number of carbonyl (C=O) groups excluding carboxylic acids is 3. The van der Waals surface area contributed by atoms with Crippen LogP contribution in [-0.2, 0) is 16.6 Å². The summed E-state index contributed by atoms with van der Waals surface area (Å²) in [6.07, 6.45) is 2.69. The van der Waals surface area contributed by atoms with Gasteiger partial charge in [0.25, 0.3) is 5.91 Å². The van der Waals surface area contributed by atoms with E-state index in [0.29, 0.717) is 55.3 Å². The van der Waals surface area contributed by atoms with Crippen molar-refractivity contribution in [3.63, 3.8) is 0 Å². The lowest BCUT2D eigenvalue weighted by Crippen LogP contribution is -2.39. The first-order chi connectivity index (χ1) is 18.7. The van der Waals surface area contributed by atoms with Crippen molar-refractivity contribution in [2.24, 2.45) is 13.0 Å². The zero-order valence-electron chi connectivity index (χ0n) is 22.5. The van der Waals surface area contributed by atoms with E-state index in [9.17, 15) is 14.4 Å². The number of nitrogens with zero attached hydrogens (tertiary/aromatic N) is 4. The number of hydrogen-bond acceptors (Lipinski definition) is 8. The lowest BCUT2D eigenvalue weighted by atomic mass is 9.95. The highest BCUT2D eigenvalue weighted by molar-refractivity contribution is 14.1. The van der Waals surface area contributed by atoms with E-state index in [-0.39, 0.29) is 23.6 Å². The van der Waals surface area contributed by atoms with E-state index >= 15 is 0 Å². The summed E-state index contributed by atoms with van der Waals surface area (Å²) in [6.45, 7) is 7.06. The van der Waals surface area contributed by atoms with E-state index in [0.717, 1.165) is 15.5 Å². The van der Waals surface area contributed by atoms with E-state index < -0.39 is 11.9 Å². The standard InChI is InChI=1S/C27H33IN6O5/c1-5-38-26(36)18-9-11-34(12-10-18)23-21(15-29-24-22(23)17(3)32-33(24)4)25(35)31-27(37)30-19-7-6-8-20(13-19)39-16(2)14-28/h6-8,13,15-16,18H,5,9-12,14H2,1-4H3,(H2,30,31,35,37). The number of piperidine rings is 1. The molecule has 1 aliphatic rings. The van der Waals surface area contributed by atoms with Crippen LogP contribution in [0.2, 0.25) is 0 Å². The third kappa shape index (κ3) is 6.60. The molecule has 1 aliphatic heterocycles. The lowest BCUT2D eigenvalue weighted by Gasteiger charge is -2.34. The van der Waals surface area contributed by atoms with Crippen LogP contribution in [0, 0.1) is 12.8 Å². The van der Waals surface area contributed by atoms with Gasteiger partial charge in [0.15, 0.2) is 5.65 Å². The van der Waals surface area contributed by atoms with Gasteiger partial charge in [0, 0.05) is 42.5 Å². The zero-order chi connectivity index (χ0) is 28.1. The van der Waals surface area contributed by atoms with Crippen molar-refractivity contribution in [3.05, 3.63) is 41.7 Å². The largest absolute Gasteiger partial charge is 0.490 e. The number of hydrogen-bond donors (Lipinski definition) is 2. The van der Waals surface area contributed by atoms with Gasteiger partial charge in [0.05, 0.1) is 34.9 Å². The molecule has 2 N–H and O–H groups in total. The van der Waals surface area contributed by atoms with Crippen LogP contribution < -0.4 is 20.3 Å². The molecule has 2 aromatic heterocycles. The van der Waals surface area contributed by atoms with Gasteiger partial charge in [-0.15, -0.1) is 0 Å². The fourth-order valence-corrected chi connectivity index (χ4v) is 4.91. The number of imide groups is 1. The number of amides is 3. The van der Waals surface area contributed by atoms with E-state index in [1.54, 1.807) is 36.9 Å². The van der Waals surface area contributed by atoms with Crippen molar-refractivity contribution in [2.75, 3.05) is 34.3 Å². The van der Waals surface area contributed by atoms with Gasteiger partial charge in [-0.2, -0.15) is 5.10 Å². The van der Waals surface area contributed by atoms with Crippen molar-refractivity contribution in [1.29, 1.82) is 0 Å². The molecule has 1 saturated heterocycles. The fourth-order valence-electron chi connectivity index (χ4n) is 4.73. The summed E-state index contributed by atoms with van der Waals surface area (Å²) in [5.41, 5.74) is 2.77. The summed E-state index contributed by atoms with van der Waals surface area (Å²) >= 11 is 2.24. The van der Waals surface area contributed by atoms with Crippen molar-refractivity contribution in [3.8, 4) is 5.75 Å². The van der Waals surface area contributed by atoms with Gasteiger partial charge < -0.3 is 19.7 Å². The molecule has 1 atom stereocenters. The molecule has 0 spiro atoms. The molecule has 0 radical (unpaired) electrons. The SMILES string of the molecule is CCOC(=O)C1CCN(c2c(C(=O)NC(=O)Nc3cccc(OC(C)CI)c3)cnc3c2c(C)nn3C)CC1. The number of benzene rings is 1. The molecule has 208 valence electrons. The number of esters is 1.